The molecule has 0 radical (unpaired) electrons. The van der Waals surface area contributed by atoms with Crippen molar-refractivity contribution in [2.75, 3.05) is 12.1 Å². The number of hydrogen-bond donors (Lipinski definition) is 3. The number of aryl methyl sites for hydroxylation is 1. The third-order valence-electron chi connectivity index (χ3n) is 5.63. The number of phosphoric ester groups is 1. The molecule has 4 aromatic rings. The predicted molar refractivity (Wildman–Crippen MR) is 146 cm³/mol. The maximum Gasteiger partial charge on any atom is 0.472 e. The van der Waals surface area contributed by atoms with Crippen molar-refractivity contribution in [2.24, 2.45) is 0 Å². The normalized spacial score (nSPS) is 11.6. The average Bonchev–Trinajstić information content (AvgIpc) is 3.22. The molecular weight excluding hydrogens is 577 g/mol. The van der Waals surface area contributed by atoms with Crippen LogP contribution in [0.25, 0.3) is 22.3 Å². The number of aromatic nitrogens is 4. The number of phosphoric acid groups is 1. The van der Waals surface area contributed by atoms with Gasteiger partial charge in [-0.2, -0.15) is 5.10 Å². The number of unbranched alkanes of at least 4 members (excludes halogenated alkanes) is 3. The molecule has 0 fully saturated rings. The molecule has 3 aromatic heterocycles. The van der Waals surface area contributed by atoms with Crippen LogP contribution in [0.5, 0.6) is 5.75 Å². The van der Waals surface area contributed by atoms with Crippen molar-refractivity contribution in [2.45, 2.75) is 39.2 Å². The van der Waals surface area contributed by atoms with Gasteiger partial charge in [0.1, 0.15) is 5.75 Å². The first-order chi connectivity index (χ1) is 18.2. The van der Waals surface area contributed by atoms with Gasteiger partial charge >= 0.3 is 7.82 Å². The van der Waals surface area contributed by atoms with Crippen LogP contribution >= 0.6 is 23.8 Å². The highest BCUT2D eigenvalue weighted by Gasteiger charge is 2.19. The number of halogens is 1. The summed E-state index contributed by atoms with van der Waals surface area (Å²) in [5.74, 6) is 0.479. The molecular formula is C25H27BrN5O6P. The first-order valence-corrected chi connectivity index (χ1v) is 14.3. The molecule has 3 N–H and O–H groups in total. The average molecular weight is 604 g/mol. The van der Waals surface area contributed by atoms with Crippen molar-refractivity contribution in [1.82, 2.24) is 19.7 Å². The second-order valence-electron chi connectivity index (χ2n) is 8.42. The molecule has 1 aromatic carbocycles. The monoisotopic (exact) mass is 603 g/mol. The van der Waals surface area contributed by atoms with Crippen molar-refractivity contribution >= 4 is 46.5 Å². The number of amides is 1. The molecule has 3 heterocycles. The van der Waals surface area contributed by atoms with Crippen LogP contribution in [0.15, 0.2) is 59.3 Å². The lowest BCUT2D eigenvalue weighted by Crippen LogP contribution is -2.13. The Balaban J connectivity index is 1.63. The molecule has 38 heavy (non-hydrogen) atoms. The molecule has 200 valence electrons. The topological polar surface area (TPSA) is 149 Å². The van der Waals surface area contributed by atoms with Crippen molar-refractivity contribution < 1.29 is 28.4 Å². The molecule has 1 amide bonds. The van der Waals surface area contributed by atoms with Crippen molar-refractivity contribution in [1.29, 1.82) is 0 Å². The predicted octanol–water partition coefficient (Wildman–Crippen LogP) is 5.53. The van der Waals surface area contributed by atoms with Gasteiger partial charge < -0.3 is 19.8 Å². The van der Waals surface area contributed by atoms with E-state index in [0.717, 1.165) is 31.2 Å². The maximum absolute atomic E-state index is 12.8. The van der Waals surface area contributed by atoms with Gasteiger partial charge in [0.15, 0.2) is 18.3 Å². The second-order valence-corrected chi connectivity index (χ2v) is 10.5. The summed E-state index contributed by atoms with van der Waals surface area (Å²) < 4.78 is 22.9. The molecule has 13 heteroatoms. The standard InChI is InChI=1S/C25H27BrN5O6P/c1-2-3-4-5-13-31-24-20(23(30-31)29-25(32)18-7-6-12-27-15-18)14-21(26)22(28-24)17-8-10-19(11-9-17)36-16-37-38(33,34)35/h6-12,14-15H,2-5,13,16H2,1H3,(H,29,30,32)(H2,33,34,35). The van der Waals surface area contributed by atoms with E-state index < -0.39 is 14.6 Å². The lowest BCUT2D eigenvalue weighted by molar-refractivity contribution is 0.0829. The first-order valence-electron chi connectivity index (χ1n) is 12.0. The molecule has 0 atom stereocenters. The van der Waals surface area contributed by atoms with Crippen LogP contribution in [0.2, 0.25) is 0 Å². The molecule has 0 saturated carbocycles. The Morgan fingerprint density at radius 2 is 1.95 bits per heavy atom. The molecule has 0 aliphatic rings. The highest BCUT2D eigenvalue weighted by Crippen LogP contribution is 2.36. The number of anilines is 1. The summed E-state index contributed by atoms with van der Waals surface area (Å²) in [6.45, 7) is 2.23. The van der Waals surface area contributed by atoms with E-state index in [1.807, 2.05) is 10.7 Å². The number of hydrogen-bond acceptors (Lipinski definition) is 7. The molecule has 0 saturated heterocycles. The first kappa shape index (κ1) is 27.9. The third kappa shape index (κ3) is 7.24. The zero-order valence-corrected chi connectivity index (χ0v) is 23.1. The summed E-state index contributed by atoms with van der Waals surface area (Å²) in [6, 6.07) is 12.1. The van der Waals surface area contributed by atoms with Gasteiger partial charge in [0.25, 0.3) is 5.91 Å². The third-order valence-corrected chi connectivity index (χ3v) is 6.68. The van der Waals surface area contributed by atoms with E-state index in [-0.39, 0.29) is 5.91 Å². The lowest BCUT2D eigenvalue weighted by atomic mass is 10.1. The Hall–Kier alpha value is -3.15. The Morgan fingerprint density at radius 3 is 2.63 bits per heavy atom. The van der Waals surface area contributed by atoms with Crippen LogP contribution in [0, 0.1) is 0 Å². The molecule has 0 bridgehead atoms. The van der Waals surface area contributed by atoms with Crippen molar-refractivity contribution in [3.05, 3.63) is 64.9 Å². The smallest absolute Gasteiger partial charge is 0.467 e. The number of carbonyl (C=O) groups excluding carboxylic acids is 1. The van der Waals surface area contributed by atoms with Crippen molar-refractivity contribution in [3.63, 3.8) is 0 Å². The Bertz CT molecular complexity index is 1440. The molecule has 4 rings (SSSR count). The number of benzene rings is 1. The van der Waals surface area contributed by atoms with E-state index in [1.165, 1.54) is 6.20 Å². The number of carbonyl (C=O) groups is 1. The van der Waals surface area contributed by atoms with Gasteiger partial charge in [0.2, 0.25) is 0 Å². The zero-order chi connectivity index (χ0) is 27.1. The van der Waals surface area contributed by atoms with E-state index in [2.05, 4.69) is 42.8 Å². The van der Waals surface area contributed by atoms with E-state index in [4.69, 9.17) is 19.5 Å². The van der Waals surface area contributed by atoms with E-state index in [9.17, 15) is 9.36 Å². The van der Waals surface area contributed by atoms with Crippen LogP contribution in [0.1, 0.15) is 43.0 Å². The number of nitrogens with one attached hydrogen (secondary N) is 1. The number of pyridine rings is 2. The fourth-order valence-corrected chi connectivity index (χ4v) is 4.50. The fraction of sp³-hybridized carbons (Fsp3) is 0.280. The molecule has 0 aliphatic heterocycles. The van der Waals surface area contributed by atoms with Crippen molar-refractivity contribution in [3.8, 4) is 17.0 Å². The van der Waals surface area contributed by atoms with Crippen LogP contribution in [0.4, 0.5) is 5.82 Å². The summed E-state index contributed by atoms with van der Waals surface area (Å²) in [7, 11) is -4.61. The minimum atomic E-state index is -4.61. The number of ether oxygens (including phenoxy) is 1. The summed E-state index contributed by atoms with van der Waals surface area (Å²) in [5.41, 5.74) is 2.50. The van der Waals surface area contributed by atoms with Gasteiger partial charge in [0.05, 0.1) is 16.6 Å². The molecule has 11 nitrogen and oxygen atoms in total. The van der Waals surface area contributed by atoms with Crippen LogP contribution in [0.3, 0.4) is 0 Å². The lowest BCUT2D eigenvalue weighted by Gasteiger charge is -2.10. The zero-order valence-electron chi connectivity index (χ0n) is 20.6. The van der Waals surface area contributed by atoms with Gasteiger partial charge in [-0.05, 0) is 64.8 Å². The van der Waals surface area contributed by atoms with E-state index in [0.29, 0.717) is 44.9 Å². The van der Waals surface area contributed by atoms with Gasteiger partial charge in [-0.3, -0.25) is 9.78 Å². The summed E-state index contributed by atoms with van der Waals surface area (Å²) >= 11 is 3.60. The van der Waals surface area contributed by atoms with Gasteiger partial charge in [-0.1, -0.05) is 26.2 Å². The summed E-state index contributed by atoms with van der Waals surface area (Å²) in [6.07, 6.45) is 7.34. The second kappa shape index (κ2) is 12.6. The van der Waals surface area contributed by atoms with Gasteiger partial charge in [-0.15, -0.1) is 0 Å². The SMILES string of the molecule is CCCCCCn1nc(NC(=O)c2cccnc2)c2cc(Br)c(-c3ccc(OCOP(=O)(O)O)cc3)nc21. The molecule has 0 aliphatic carbocycles. The Kier molecular flexibility index (Phi) is 9.24. The van der Waals surface area contributed by atoms with Crippen LogP contribution in [-0.4, -0.2) is 42.2 Å². The minimum absolute atomic E-state index is 0.311. The maximum atomic E-state index is 12.8. The number of rotatable bonds is 12. The van der Waals surface area contributed by atoms with E-state index in [1.54, 1.807) is 42.6 Å². The van der Waals surface area contributed by atoms with E-state index >= 15 is 0 Å². The highest BCUT2D eigenvalue weighted by molar-refractivity contribution is 9.10. The largest absolute Gasteiger partial charge is 0.472 e. The quantitative estimate of drug-likeness (QED) is 0.108. The number of nitrogens with zero attached hydrogens (tertiary/aromatic N) is 4. The Morgan fingerprint density at radius 1 is 1.16 bits per heavy atom. The van der Waals surface area contributed by atoms with Crippen LogP contribution in [-0.2, 0) is 15.6 Å². The fourth-order valence-electron chi connectivity index (χ4n) is 3.76. The Labute approximate surface area is 227 Å². The molecule has 0 unspecified atom stereocenters. The summed E-state index contributed by atoms with van der Waals surface area (Å²) in [5, 5.41) is 8.27. The van der Waals surface area contributed by atoms with Gasteiger partial charge in [-0.25, -0.2) is 18.8 Å². The minimum Gasteiger partial charge on any atom is -0.467 e. The van der Waals surface area contributed by atoms with Gasteiger partial charge in [0, 0.05) is 29.0 Å². The number of fused-ring (bicyclic) bond motifs is 1. The molecule has 0 spiro atoms. The summed E-state index contributed by atoms with van der Waals surface area (Å²) in [4.78, 5) is 39.3. The van der Waals surface area contributed by atoms with Crippen LogP contribution < -0.4 is 10.1 Å². The highest BCUT2D eigenvalue weighted by atomic mass is 79.9.